The first-order valence-corrected chi connectivity index (χ1v) is 4.64. The van der Waals surface area contributed by atoms with Crippen LogP contribution in [0, 0.1) is 0 Å². The molecular formula is C9H13N3O2. The highest BCUT2D eigenvalue weighted by Crippen LogP contribution is 2.15. The van der Waals surface area contributed by atoms with Crippen LogP contribution in [-0.4, -0.2) is 49.5 Å². The van der Waals surface area contributed by atoms with E-state index < -0.39 is 5.79 Å². The Morgan fingerprint density at radius 3 is 2.86 bits per heavy atom. The minimum absolute atomic E-state index is 0.649. The zero-order valence-electron chi connectivity index (χ0n) is 7.85. The number of carbonyl (C=O) groups is 1. The summed E-state index contributed by atoms with van der Waals surface area (Å²) in [4.78, 5) is 17.2. The maximum Gasteiger partial charge on any atom is 0.244 e. The van der Waals surface area contributed by atoms with Gasteiger partial charge >= 0.3 is 0 Å². The molecule has 2 rings (SSSR count). The maximum atomic E-state index is 11.1. The predicted molar refractivity (Wildman–Crippen MR) is 52.0 cm³/mol. The average molecular weight is 195 g/mol. The Morgan fingerprint density at radius 2 is 2.29 bits per heavy atom. The lowest BCUT2D eigenvalue weighted by Gasteiger charge is -2.39. The fourth-order valence-corrected chi connectivity index (χ4v) is 1.62. The Kier molecular flexibility index (Phi) is 2.60. The van der Waals surface area contributed by atoms with Crippen molar-refractivity contribution < 1.29 is 9.53 Å². The standard InChI is InChI=1S/C9H13N3O2/c13-8-9(10-2-1-3-11-9)12-4-6-14-7-5-12/h1-3,8,10H,4-7H2. The van der Waals surface area contributed by atoms with Crippen molar-refractivity contribution in [3.63, 3.8) is 0 Å². The lowest BCUT2D eigenvalue weighted by atomic mass is 10.2. The number of allylic oxidation sites excluding steroid dienone is 1. The second kappa shape index (κ2) is 3.89. The lowest BCUT2D eigenvalue weighted by molar-refractivity contribution is -0.123. The van der Waals surface area contributed by atoms with Gasteiger partial charge in [-0.15, -0.1) is 0 Å². The first-order chi connectivity index (χ1) is 6.87. The van der Waals surface area contributed by atoms with E-state index >= 15 is 0 Å². The minimum atomic E-state index is -0.904. The van der Waals surface area contributed by atoms with Crippen LogP contribution in [0.3, 0.4) is 0 Å². The van der Waals surface area contributed by atoms with Crippen molar-refractivity contribution in [2.75, 3.05) is 26.3 Å². The number of carbonyl (C=O) groups excluding carboxylic acids is 1. The summed E-state index contributed by atoms with van der Waals surface area (Å²) in [5, 5.41) is 2.98. The van der Waals surface area contributed by atoms with Gasteiger partial charge in [0.2, 0.25) is 5.79 Å². The first kappa shape index (κ1) is 9.36. The second-order valence-corrected chi connectivity index (χ2v) is 3.23. The van der Waals surface area contributed by atoms with Gasteiger partial charge in [0, 0.05) is 25.5 Å². The summed E-state index contributed by atoms with van der Waals surface area (Å²) in [7, 11) is 0. The quantitative estimate of drug-likeness (QED) is 0.595. The van der Waals surface area contributed by atoms with Gasteiger partial charge in [-0.1, -0.05) is 0 Å². The van der Waals surface area contributed by atoms with Gasteiger partial charge in [-0.3, -0.25) is 9.69 Å². The summed E-state index contributed by atoms with van der Waals surface area (Å²) in [6.45, 7) is 2.74. The number of nitrogens with one attached hydrogen (secondary N) is 1. The van der Waals surface area contributed by atoms with E-state index in [1.807, 2.05) is 4.90 Å². The molecule has 76 valence electrons. The summed E-state index contributed by atoms with van der Waals surface area (Å²) in [5.41, 5.74) is 0. The monoisotopic (exact) mass is 195 g/mol. The molecule has 5 nitrogen and oxygen atoms in total. The highest BCUT2D eigenvalue weighted by atomic mass is 16.5. The molecule has 1 N–H and O–H groups in total. The van der Waals surface area contributed by atoms with E-state index in [0.29, 0.717) is 13.2 Å². The molecule has 1 atom stereocenters. The summed E-state index contributed by atoms with van der Waals surface area (Å²) in [6.07, 6.45) is 5.97. The molecule has 14 heavy (non-hydrogen) atoms. The molecule has 0 aliphatic carbocycles. The molecule has 1 fully saturated rings. The van der Waals surface area contributed by atoms with Crippen LogP contribution in [-0.2, 0) is 9.53 Å². The van der Waals surface area contributed by atoms with Crippen molar-refractivity contribution >= 4 is 12.5 Å². The summed E-state index contributed by atoms with van der Waals surface area (Å²) in [5.74, 6) is -0.904. The second-order valence-electron chi connectivity index (χ2n) is 3.23. The number of nitrogens with zero attached hydrogens (tertiary/aromatic N) is 2. The van der Waals surface area contributed by atoms with Crippen molar-refractivity contribution in [2.24, 2.45) is 4.99 Å². The third-order valence-corrected chi connectivity index (χ3v) is 2.41. The van der Waals surface area contributed by atoms with Gasteiger partial charge in [0.25, 0.3) is 0 Å². The SMILES string of the molecule is O=CC1(N2CCOCC2)N=CC=CN1. The van der Waals surface area contributed by atoms with Crippen LogP contribution >= 0.6 is 0 Å². The van der Waals surface area contributed by atoms with Crippen LogP contribution in [0.15, 0.2) is 17.3 Å². The van der Waals surface area contributed by atoms with Crippen molar-refractivity contribution in [3.8, 4) is 0 Å². The van der Waals surface area contributed by atoms with E-state index in [1.54, 1.807) is 18.5 Å². The number of morpholine rings is 1. The molecule has 0 aromatic heterocycles. The largest absolute Gasteiger partial charge is 0.379 e. The first-order valence-electron chi connectivity index (χ1n) is 4.64. The molecule has 2 heterocycles. The van der Waals surface area contributed by atoms with Crippen LogP contribution in [0.1, 0.15) is 0 Å². The molecule has 0 amide bonds. The van der Waals surface area contributed by atoms with E-state index in [2.05, 4.69) is 10.3 Å². The van der Waals surface area contributed by atoms with Gasteiger partial charge in [0.05, 0.1) is 13.2 Å². The molecule has 2 aliphatic rings. The molecule has 1 unspecified atom stereocenters. The maximum absolute atomic E-state index is 11.1. The number of aliphatic imine (C=N–C) groups is 1. The van der Waals surface area contributed by atoms with Gasteiger partial charge in [-0.2, -0.15) is 0 Å². The Bertz CT molecular complexity index is 271. The third-order valence-electron chi connectivity index (χ3n) is 2.41. The van der Waals surface area contributed by atoms with Gasteiger partial charge in [-0.25, -0.2) is 4.99 Å². The van der Waals surface area contributed by atoms with Crippen LogP contribution in [0.5, 0.6) is 0 Å². The molecule has 5 heteroatoms. The lowest BCUT2D eigenvalue weighted by Crippen LogP contribution is -2.61. The molecule has 0 spiro atoms. The topological polar surface area (TPSA) is 53.9 Å². The van der Waals surface area contributed by atoms with Gasteiger partial charge in [0.15, 0.2) is 6.29 Å². The molecular weight excluding hydrogens is 182 g/mol. The molecule has 0 bridgehead atoms. The zero-order chi connectivity index (χ0) is 9.86. The molecule has 2 aliphatic heterocycles. The fourth-order valence-electron chi connectivity index (χ4n) is 1.62. The van der Waals surface area contributed by atoms with Crippen LogP contribution in [0.2, 0.25) is 0 Å². The molecule has 0 aromatic carbocycles. The number of hydrogen-bond donors (Lipinski definition) is 1. The Balaban J connectivity index is 2.14. The van der Waals surface area contributed by atoms with Crippen LogP contribution in [0.4, 0.5) is 0 Å². The molecule has 0 radical (unpaired) electrons. The highest BCUT2D eigenvalue weighted by Gasteiger charge is 2.36. The summed E-state index contributed by atoms with van der Waals surface area (Å²) in [6, 6.07) is 0. The van der Waals surface area contributed by atoms with Crippen molar-refractivity contribution in [1.29, 1.82) is 0 Å². The van der Waals surface area contributed by atoms with E-state index in [-0.39, 0.29) is 0 Å². The van der Waals surface area contributed by atoms with E-state index in [0.717, 1.165) is 19.4 Å². The highest BCUT2D eigenvalue weighted by molar-refractivity contribution is 5.77. The zero-order valence-corrected chi connectivity index (χ0v) is 7.85. The normalized spacial score (nSPS) is 32.6. The number of rotatable bonds is 2. The predicted octanol–water partition coefficient (Wildman–Crippen LogP) is -0.641. The number of hydrogen-bond acceptors (Lipinski definition) is 5. The van der Waals surface area contributed by atoms with Crippen molar-refractivity contribution in [2.45, 2.75) is 5.79 Å². The van der Waals surface area contributed by atoms with Crippen LogP contribution < -0.4 is 5.32 Å². The minimum Gasteiger partial charge on any atom is -0.379 e. The smallest absolute Gasteiger partial charge is 0.244 e. The fraction of sp³-hybridized carbons (Fsp3) is 0.556. The Labute approximate surface area is 82.4 Å². The number of aldehydes is 1. The molecule has 0 aromatic rings. The molecule has 0 saturated carbocycles. The Hall–Kier alpha value is -1.20. The number of ether oxygens (including phenoxy) is 1. The van der Waals surface area contributed by atoms with Gasteiger partial charge in [-0.05, 0) is 6.08 Å². The van der Waals surface area contributed by atoms with Gasteiger partial charge in [0.1, 0.15) is 0 Å². The van der Waals surface area contributed by atoms with E-state index in [9.17, 15) is 4.79 Å². The third kappa shape index (κ3) is 1.56. The van der Waals surface area contributed by atoms with E-state index in [4.69, 9.17) is 4.74 Å². The summed E-state index contributed by atoms with van der Waals surface area (Å²) < 4.78 is 5.22. The van der Waals surface area contributed by atoms with Crippen LogP contribution in [0.25, 0.3) is 0 Å². The molecule has 1 saturated heterocycles. The van der Waals surface area contributed by atoms with Crippen molar-refractivity contribution in [3.05, 3.63) is 12.3 Å². The Morgan fingerprint density at radius 1 is 1.50 bits per heavy atom. The summed E-state index contributed by atoms with van der Waals surface area (Å²) >= 11 is 0. The van der Waals surface area contributed by atoms with Gasteiger partial charge < -0.3 is 10.1 Å². The van der Waals surface area contributed by atoms with Crippen molar-refractivity contribution in [1.82, 2.24) is 10.2 Å². The van der Waals surface area contributed by atoms with E-state index in [1.165, 1.54) is 0 Å². The average Bonchev–Trinajstić information content (AvgIpc) is 2.31.